The van der Waals surface area contributed by atoms with Crippen LogP contribution in [-0.4, -0.2) is 54.6 Å². The molecule has 38 heavy (non-hydrogen) atoms. The van der Waals surface area contributed by atoms with Gasteiger partial charge in [0.2, 0.25) is 5.91 Å². The van der Waals surface area contributed by atoms with E-state index in [1.54, 1.807) is 37.8 Å². The minimum absolute atomic E-state index is 0.243. The second-order valence-corrected chi connectivity index (χ2v) is 9.32. The topological polar surface area (TPSA) is 115 Å². The molecular formula is C29H33N7O2. The molecule has 4 rings (SSSR count). The Morgan fingerprint density at radius 1 is 1.16 bits per heavy atom. The summed E-state index contributed by atoms with van der Waals surface area (Å²) in [6, 6.07) is 15.1. The van der Waals surface area contributed by atoms with E-state index >= 15 is 0 Å². The van der Waals surface area contributed by atoms with Crippen LogP contribution in [0.5, 0.6) is 5.75 Å². The molecule has 0 aliphatic carbocycles. The van der Waals surface area contributed by atoms with Crippen LogP contribution in [0.3, 0.4) is 0 Å². The predicted octanol–water partition coefficient (Wildman–Crippen LogP) is 4.02. The van der Waals surface area contributed by atoms with Gasteiger partial charge in [0.15, 0.2) is 11.6 Å². The maximum absolute atomic E-state index is 12.3. The third-order valence-electron chi connectivity index (χ3n) is 6.50. The van der Waals surface area contributed by atoms with Crippen molar-refractivity contribution in [2.45, 2.75) is 19.4 Å². The van der Waals surface area contributed by atoms with E-state index in [1.165, 1.54) is 6.08 Å². The molecule has 1 fully saturated rings. The zero-order chi connectivity index (χ0) is 26.7. The van der Waals surface area contributed by atoms with Gasteiger partial charge in [-0.15, -0.1) is 0 Å². The molecule has 2 heterocycles. The molecule has 1 aliphatic heterocycles. The summed E-state index contributed by atoms with van der Waals surface area (Å²) in [5, 5.41) is 18.1. The first-order valence-electron chi connectivity index (χ1n) is 12.7. The summed E-state index contributed by atoms with van der Waals surface area (Å²) in [6.45, 7) is 3.28. The second kappa shape index (κ2) is 13.2. The molecule has 0 atom stereocenters. The lowest BCUT2D eigenvalue weighted by atomic mass is 9.98. The summed E-state index contributed by atoms with van der Waals surface area (Å²) in [4.78, 5) is 23.6. The van der Waals surface area contributed by atoms with Gasteiger partial charge in [0, 0.05) is 31.4 Å². The molecule has 1 aromatic heterocycles. The molecular weight excluding hydrogens is 478 g/mol. The zero-order valence-electron chi connectivity index (χ0n) is 21.8. The average Bonchev–Trinajstić information content (AvgIpc) is 2.96. The van der Waals surface area contributed by atoms with Gasteiger partial charge in [-0.3, -0.25) is 4.79 Å². The molecule has 9 nitrogen and oxygen atoms in total. The molecule has 2 aromatic carbocycles. The lowest BCUT2D eigenvalue weighted by Gasteiger charge is -2.28. The van der Waals surface area contributed by atoms with Gasteiger partial charge in [-0.25, -0.2) is 9.97 Å². The number of rotatable bonds is 10. The van der Waals surface area contributed by atoms with Crippen LogP contribution in [0.4, 0.5) is 11.4 Å². The van der Waals surface area contributed by atoms with Crippen LogP contribution in [0.25, 0.3) is 11.4 Å². The summed E-state index contributed by atoms with van der Waals surface area (Å²) >= 11 is 0. The van der Waals surface area contributed by atoms with E-state index < -0.39 is 0 Å². The summed E-state index contributed by atoms with van der Waals surface area (Å²) in [7, 11) is 3.95. The third-order valence-corrected chi connectivity index (χ3v) is 6.50. The number of benzene rings is 2. The first-order chi connectivity index (χ1) is 18.5. The Hall–Kier alpha value is -4.42. The van der Waals surface area contributed by atoms with Crippen molar-refractivity contribution in [3.63, 3.8) is 0 Å². The van der Waals surface area contributed by atoms with E-state index in [-0.39, 0.29) is 5.91 Å². The van der Waals surface area contributed by atoms with Crippen LogP contribution in [0.1, 0.15) is 24.0 Å². The summed E-state index contributed by atoms with van der Waals surface area (Å²) in [5.74, 6) is 1.61. The number of nitrogens with zero attached hydrogens (tertiary/aromatic N) is 4. The Labute approximate surface area is 223 Å². The number of aromatic nitrogens is 2. The van der Waals surface area contributed by atoms with Crippen LogP contribution in [0.2, 0.25) is 0 Å². The van der Waals surface area contributed by atoms with E-state index in [1.807, 2.05) is 30.3 Å². The fourth-order valence-corrected chi connectivity index (χ4v) is 4.21. The van der Waals surface area contributed by atoms with E-state index in [9.17, 15) is 4.79 Å². The van der Waals surface area contributed by atoms with Crippen LogP contribution in [0.15, 0.2) is 67.1 Å². The van der Waals surface area contributed by atoms with Gasteiger partial charge in [-0.05, 0) is 68.7 Å². The van der Waals surface area contributed by atoms with E-state index in [4.69, 9.17) is 10.00 Å². The second-order valence-electron chi connectivity index (χ2n) is 9.32. The van der Waals surface area contributed by atoms with Crippen LogP contribution in [-0.2, 0) is 11.3 Å². The monoisotopic (exact) mass is 511 g/mol. The SMILES string of the molecule is CNc1ccc(C#N)cc1N/C=C\C(=O)NCc1cccc(-c2ncc(OCC3CCN(C)CC3)cn2)c1. The number of anilines is 2. The summed E-state index contributed by atoms with van der Waals surface area (Å²) in [6.07, 6.45) is 8.70. The van der Waals surface area contributed by atoms with Crippen molar-refractivity contribution in [2.75, 3.05) is 44.4 Å². The fraction of sp³-hybridized carbons (Fsp3) is 0.310. The van der Waals surface area contributed by atoms with Crippen LogP contribution in [0, 0.1) is 17.2 Å². The number of nitriles is 1. The number of piperidine rings is 1. The van der Waals surface area contributed by atoms with Gasteiger partial charge in [0.25, 0.3) is 0 Å². The van der Waals surface area contributed by atoms with Crippen LogP contribution >= 0.6 is 0 Å². The Kier molecular flexibility index (Phi) is 9.27. The first kappa shape index (κ1) is 26.6. The highest BCUT2D eigenvalue weighted by molar-refractivity contribution is 5.88. The van der Waals surface area contributed by atoms with Gasteiger partial charge >= 0.3 is 0 Å². The van der Waals surface area contributed by atoms with Crippen molar-refractivity contribution in [3.8, 4) is 23.2 Å². The maximum Gasteiger partial charge on any atom is 0.245 e. The van der Waals surface area contributed by atoms with E-state index in [0.29, 0.717) is 41.9 Å². The molecule has 1 aliphatic rings. The lowest BCUT2D eigenvalue weighted by Crippen LogP contribution is -2.32. The Balaban J connectivity index is 1.27. The van der Waals surface area contributed by atoms with E-state index in [2.05, 4.69) is 43.9 Å². The van der Waals surface area contributed by atoms with Gasteiger partial charge < -0.3 is 25.6 Å². The van der Waals surface area contributed by atoms with Crippen molar-refractivity contribution in [3.05, 3.63) is 78.3 Å². The summed E-state index contributed by atoms with van der Waals surface area (Å²) in [5.41, 5.74) is 3.87. The number of amides is 1. The number of ether oxygens (including phenoxy) is 1. The average molecular weight is 512 g/mol. The minimum Gasteiger partial charge on any atom is -0.490 e. The van der Waals surface area contributed by atoms with Crippen molar-refractivity contribution in [2.24, 2.45) is 5.92 Å². The molecule has 3 N–H and O–H groups in total. The van der Waals surface area contributed by atoms with Gasteiger partial charge in [0.1, 0.15) is 0 Å². The number of hydrogen-bond acceptors (Lipinski definition) is 8. The van der Waals surface area contributed by atoms with Crippen molar-refractivity contribution in [1.29, 1.82) is 5.26 Å². The molecule has 196 valence electrons. The highest BCUT2D eigenvalue weighted by Crippen LogP contribution is 2.23. The number of hydrogen-bond donors (Lipinski definition) is 3. The standard InChI is InChI=1S/C29H33N7O2/c1-31-26-7-6-22(16-30)15-27(26)32-11-8-28(37)33-17-23-4-3-5-24(14-23)29-34-18-25(19-35-29)38-20-21-9-12-36(2)13-10-21/h3-8,11,14-15,18-19,21,31-32H,9-10,12-13,17,20H2,1-2H3,(H,33,37)/b11-8-. The molecule has 9 heteroatoms. The predicted molar refractivity (Wildman–Crippen MR) is 148 cm³/mol. The highest BCUT2D eigenvalue weighted by atomic mass is 16.5. The Morgan fingerprint density at radius 3 is 2.68 bits per heavy atom. The Bertz CT molecular complexity index is 1290. The molecule has 1 amide bonds. The molecule has 1 saturated heterocycles. The van der Waals surface area contributed by atoms with Gasteiger partial charge in [-0.1, -0.05) is 18.2 Å². The largest absolute Gasteiger partial charge is 0.490 e. The quantitative estimate of drug-likeness (QED) is 0.350. The third kappa shape index (κ3) is 7.54. The maximum atomic E-state index is 12.3. The number of likely N-dealkylation sites (tertiary alicyclic amines) is 1. The zero-order valence-corrected chi connectivity index (χ0v) is 21.8. The molecule has 0 bridgehead atoms. The highest BCUT2D eigenvalue weighted by Gasteiger charge is 2.17. The molecule has 0 unspecified atom stereocenters. The number of carbonyl (C=O) groups excluding carboxylic acids is 1. The van der Waals surface area contributed by atoms with Gasteiger partial charge in [-0.2, -0.15) is 5.26 Å². The number of nitrogens with one attached hydrogen (secondary N) is 3. The Morgan fingerprint density at radius 2 is 1.95 bits per heavy atom. The molecule has 0 radical (unpaired) electrons. The van der Waals surface area contributed by atoms with E-state index in [0.717, 1.165) is 42.7 Å². The summed E-state index contributed by atoms with van der Waals surface area (Å²) < 4.78 is 5.92. The minimum atomic E-state index is -0.243. The van der Waals surface area contributed by atoms with Crippen molar-refractivity contribution < 1.29 is 9.53 Å². The normalized spacial score (nSPS) is 14.1. The van der Waals surface area contributed by atoms with Crippen LogP contribution < -0.4 is 20.7 Å². The first-order valence-corrected chi connectivity index (χ1v) is 12.7. The molecule has 3 aromatic rings. The molecule has 0 spiro atoms. The van der Waals surface area contributed by atoms with Gasteiger partial charge in [0.05, 0.1) is 42.0 Å². The smallest absolute Gasteiger partial charge is 0.245 e. The van der Waals surface area contributed by atoms with Crippen molar-refractivity contribution in [1.82, 2.24) is 20.2 Å². The molecule has 0 saturated carbocycles. The van der Waals surface area contributed by atoms with Crippen molar-refractivity contribution >= 4 is 17.3 Å². The lowest BCUT2D eigenvalue weighted by molar-refractivity contribution is -0.116. The fourth-order valence-electron chi connectivity index (χ4n) is 4.21. The number of carbonyl (C=O) groups is 1.